The average molecular weight is 208 g/mol. The predicted octanol–water partition coefficient (Wildman–Crippen LogP) is 1.44. The van der Waals surface area contributed by atoms with Gasteiger partial charge in [-0.2, -0.15) is 0 Å². The standard InChI is InChI=1S/C11H12O4/c1-2-14-11(10(12)13)7-8-5-3-4-6-9(8)15-11/h3-6H,2,7H2,1H3,(H,12,13). The molecule has 1 atom stereocenters. The molecular weight excluding hydrogens is 196 g/mol. The highest BCUT2D eigenvalue weighted by molar-refractivity contribution is 5.78. The van der Waals surface area contributed by atoms with Crippen molar-refractivity contribution in [3.63, 3.8) is 0 Å². The molecule has 0 bridgehead atoms. The number of aliphatic carboxylic acids is 1. The molecule has 1 aromatic rings. The Morgan fingerprint density at radius 2 is 2.33 bits per heavy atom. The van der Waals surface area contributed by atoms with E-state index >= 15 is 0 Å². The van der Waals surface area contributed by atoms with Crippen LogP contribution in [0.5, 0.6) is 5.75 Å². The lowest BCUT2D eigenvalue weighted by atomic mass is 10.1. The minimum atomic E-state index is -1.53. The van der Waals surface area contributed by atoms with E-state index in [0.29, 0.717) is 12.4 Å². The van der Waals surface area contributed by atoms with Gasteiger partial charge in [-0.1, -0.05) is 18.2 Å². The van der Waals surface area contributed by atoms with Crippen LogP contribution in [0.2, 0.25) is 0 Å². The number of hydrogen-bond acceptors (Lipinski definition) is 3. The van der Waals surface area contributed by atoms with Crippen LogP contribution >= 0.6 is 0 Å². The highest BCUT2D eigenvalue weighted by Gasteiger charge is 2.47. The largest absolute Gasteiger partial charge is 0.476 e. The molecular formula is C11H12O4. The van der Waals surface area contributed by atoms with Crippen molar-refractivity contribution in [3.8, 4) is 5.75 Å². The summed E-state index contributed by atoms with van der Waals surface area (Å²) in [5.41, 5.74) is 0.869. The van der Waals surface area contributed by atoms with Crippen molar-refractivity contribution in [1.82, 2.24) is 0 Å². The molecule has 0 radical (unpaired) electrons. The van der Waals surface area contributed by atoms with Gasteiger partial charge in [0.2, 0.25) is 0 Å². The third-order valence-electron chi connectivity index (χ3n) is 2.37. The van der Waals surface area contributed by atoms with E-state index < -0.39 is 11.8 Å². The van der Waals surface area contributed by atoms with Crippen LogP contribution in [0.25, 0.3) is 0 Å². The highest BCUT2D eigenvalue weighted by atomic mass is 16.7. The van der Waals surface area contributed by atoms with Crippen molar-refractivity contribution < 1.29 is 19.4 Å². The molecule has 0 aliphatic carbocycles. The summed E-state index contributed by atoms with van der Waals surface area (Å²) < 4.78 is 10.6. The van der Waals surface area contributed by atoms with Crippen LogP contribution in [0, 0.1) is 0 Å². The molecule has 0 saturated heterocycles. The summed E-state index contributed by atoms with van der Waals surface area (Å²) in [4.78, 5) is 11.1. The molecule has 0 saturated carbocycles. The Bertz CT molecular complexity index is 361. The maximum absolute atomic E-state index is 11.1. The Kier molecular flexibility index (Phi) is 2.36. The first-order valence-corrected chi connectivity index (χ1v) is 4.82. The zero-order valence-electron chi connectivity index (χ0n) is 8.40. The molecule has 4 nitrogen and oxygen atoms in total. The Labute approximate surface area is 87.4 Å². The topological polar surface area (TPSA) is 55.8 Å². The molecule has 0 fully saturated rings. The Morgan fingerprint density at radius 1 is 1.60 bits per heavy atom. The first-order chi connectivity index (χ1) is 7.18. The van der Waals surface area contributed by atoms with Gasteiger partial charge in [-0.15, -0.1) is 0 Å². The lowest BCUT2D eigenvalue weighted by Gasteiger charge is -2.23. The SMILES string of the molecule is CCOC1(C(=O)O)Cc2ccccc2O1. The van der Waals surface area contributed by atoms with Gasteiger partial charge in [-0.25, -0.2) is 4.79 Å². The van der Waals surface area contributed by atoms with E-state index in [1.807, 2.05) is 18.2 Å². The fourth-order valence-corrected chi connectivity index (χ4v) is 1.71. The van der Waals surface area contributed by atoms with Crippen molar-refractivity contribution in [1.29, 1.82) is 0 Å². The van der Waals surface area contributed by atoms with Gasteiger partial charge in [0.05, 0.1) is 6.42 Å². The molecule has 0 aromatic heterocycles. The molecule has 15 heavy (non-hydrogen) atoms. The van der Waals surface area contributed by atoms with E-state index in [4.69, 9.17) is 14.6 Å². The monoisotopic (exact) mass is 208 g/mol. The molecule has 1 N–H and O–H groups in total. The summed E-state index contributed by atoms with van der Waals surface area (Å²) in [7, 11) is 0. The molecule has 0 spiro atoms. The summed E-state index contributed by atoms with van der Waals surface area (Å²) in [5, 5.41) is 9.12. The van der Waals surface area contributed by atoms with Crippen molar-refractivity contribution >= 4 is 5.97 Å². The van der Waals surface area contributed by atoms with Crippen LogP contribution < -0.4 is 4.74 Å². The quantitative estimate of drug-likeness (QED) is 0.816. The fourth-order valence-electron chi connectivity index (χ4n) is 1.71. The number of fused-ring (bicyclic) bond motifs is 1. The summed E-state index contributed by atoms with van der Waals surface area (Å²) in [6.45, 7) is 2.05. The Hall–Kier alpha value is -1.55. The van der Waals surface area contributed by atoms with Gasteiger partial charge in [0.25, 0.3) is 0 Å². The second kappa shape index (κ2) is 3.55. The van der Waals surface area contributed by atoms with Crippen LogP contribution in [0.1, 0.15) is 12.5 Å². The fraction of sp³-hybridized carbons (Fsp3) is 0.364. The van der Waals surface area contributed by atoms with Crippen molar-refractivity contribution in [3.05, 3.63) is 29.8 Å². The number of rotatable bonds is 3. The van der Waals surface area contributed by atoms with Gasteiger partial charge >= 0.3 is 11.8 Å². The van der Waals surface area contributed by atoms with E-state index in [9.17, 15) is 4.79 Å². The Balaban J connectivity index is 2.32. The second-order valence-electron chi connectivity index (χ2n) is 3.38. The maximum Gasteiger partial charge on any atom is 0.377 e. The van der Waals surface area contributed by atoms with Gasteiger partial charge in [-0.3, -0.25) is 0 Å². The number of carboxylic acid groups (broad SMARTS) is 1. The van der Waals surface area contributed by atoms with Gasteiger partial charge in [0.15, 0.2) is 0 Å². The molecule has 80 valence electrons. The first kappa shape index (κ1) is 9.98. The van der Waals surface area contributed by atoms with Crippen molar-refractivity contribution in [2.45, 2.75) is 19.1 Å². The summed E-state index contributed by atoms with van der Waals surface area (Å²) in [6.07, 6.45) is 0.256. The van der Waals surface area contributed by atoms with Gasteiger partial charge < -0.3 is 14.6 Å². The first-order valence-electron chi connectivity index (χ1n) is 4.82. The van der Waals surface area contributed by atoms with Crippen LogP contribution in [-0.4, -0.2) is 23.5 Å². The molecule has 1 unspecified atom stereocenters. The van der Waals surface area contributed by atoms with Gasteiger partial charge in [-0.05, 0) is 13.0 Å². The third-order valence-corrected chi connectivity index (χ3v) is 2.37. The molecule has 1 heterocycles. The number of benzene rings is 1. The van der Waals surface area contributed by atoms with Crippen LogP contribution in [0.4, 0.5) is 0 Å². The maximum atomic E-state index is 11.1. The van der Waals surface area contributed by atoms with Gasteiger partial charge in [0, 0.05) is 12.2 Å². The minimum Gasteiger partial charge on any atom is -0.476 e. The number of para-hydroxylation sites is 1. The molecule has 2 rings (SSSR count). The van der Waals surface area contributed by atoms with Gasteiger partial charge in [0.1, 0.15) is 5.75 Å². The summed E-state index contributed by atoms with van der Waals surface area (Å²) >= 11 is 0. The number of hydrogen-bond donors (Lipinski definition) is 1. The van der Waals surface area contributed by atoms with Crippen LogP contribution in [0.3, 0.4) is 0 Å². The van der Waals surface area contributed by atoms with E-state index in [-0.39, 0.29) is 6.42 Å². The van der Waals surface area contributed by atoms with Crippen LogP contribution in [0.15, 0.2) is 24.3 Å². The number of carbonyl (C=O) groups is 1. The molecule has 0 amide bonds. The normalized spacial score (nSPS) is 23.3. The van der Waals surface area contributed by atoms with Crippen LogP contribution in [-0.2, 0) is 16.0 Å². The third kappa shape index (κ3) is 1.57. The summed E-state index contributed by atoms with van der Waals surface area (Å²) in [6, 6.07) is 7.26. The average Bonchev–Trinajstić information content (AvgIpc) is 2.57. The zero-order chi connectivity index (χ0) is 10.9. The smallest absolute Gasteiger partial charge is 0.377 e. The summed E-state index contributed by atoms with van der Waals surface area (Å²) in [5.74, 6) is -2.02. The number of ether oxygens (including phenoxy) is 2. The zero-order valence-corrected chi connectivity index (χ0v) is 8.40. The molecule has 1 aromatic carbocycles. The highest BCUT2D eigenvalue weighted by Crippen LogP contribution is 2.35. The lowest BCUT2D eigenvalue weighted by Crippen LogP contribution is -2.46. The van der Waals surface area contributed by atoms with E-state index in [0.717, 1.165) is 5.56 Å². The van der Waals surface area contributed by atoms with Crippen molar-refractivity contribution in [2.24, 2.45) is 0 Å². The Morgan fingerprint density at radius 3 is 2.93 bits per heavy atom. The van der Waals surface area contributed by atoms with Crippen molar-refractivity contribution in [2.75, 3.05) is 6.61 Å². The molecule has 1 aliphatic rings. The lowest BCUT2D eigenvalue weighted by molar-refractivity contribution is -0.204. The second-order valence-corrected chi connectivity index (χ2v) is 3.38. The molecule has 4 heteroatoms. The van der Waals surface area contributed by atoms with E-state index in [2.05, 4.69) is 0 Å². The molecule has 1 aliphatic heterocycles. The number of carboxylic acids is 1. The van der Waals surface area contributed by atoms with E-state index in [1.54, 1.807) is 13.0 Å². The minimum absolute atomic E-state index is 0.256. The van der Waals surface area contributed by atoms with E-state index in [1.165, 1.54) is 0 Å². The predicted molar refractivity (Wildman–Crippen MR) is 52.8 cm³/mol.